The lowest BCUT2D eigenvalue weighted by Gasteiger charge is -2.30. The molecular formula is C24H31N3O3. The molecule has 0 aliphatic carbocycles. The molecule has 3 rings (SSSR count). The number of nitrogens with one attached hydrogen (secondary N) is 2. The van der Waals surface area contributed by atoms with Crippen LogP contribution in [0.2, 0.25) is 0 Å². The van der Waals surface area contributed by atoms with Crippen molar-refractivity contribution in [1.29, 1.82) is 0 Å². The summed E-state index contributed by atoms with van der Waals surface area (Å²) < 4.78 is 5.15. The van der Waals surface area contributed by atoms with Crippen LogP contribution in [0.25, 0.3) is 0 Å². The average Bonchev–Trinajstić information content (AvgIpc) is 2.82. The Kier molecular flexibility index (Phi) is 7.85. The number of benzene rings is 2. The first-order valence-corrected chi connectivity index (χ1v) is 10.6. The van der Waals surface area contributed by atoms with E-state index in [-0.39, 0.29) is 23.8 Å². The van der Waals surface area contributed by atoms with Gasteiger partial charge in [0.25, 0.3) is 5.91 Å². The molecule has 0 aromatic heterocycles. The van der Waals surface area contributed by atoms with Gasteiger partial charge in [0.1, 0.15) is 5.75 Å². The summed E-state index contributed by atoms with van der Waals surface area (Å²) in [6, 6.07) is 16.4. The van der Waals surface area contributed by atoms with Crippen molar-refractivity contribution in [3.63, 3.8) is 0 Å². The van der Waals surface area contributed by atoms with E-state index in [1.54, 1.807) is 31.4 Å². The molecular weight excluding hydrogens is 378 g/mol. The highest BCUT2D eigenvalue weighted by atomic mass is 16.5. The van der Waals surface area contributed by atoms with Crippen molar-refractivity contribution >= 4 is 11.8 Å². The van der Waals surface area contributed by atoms with Crippen LogP contribution in [0.1, 0.15) is 41.7 Å². The highest BCUT2D eigenvalue weighted by Gasteiger charge is 2.25. The summed E-state index contributed by atoms with van der Waals surface area (Å²) >= 11 is 0. The van der Waals surface area contributed by atoms with E-state index < -0.39 is 0 Å². The van der Waals surface area contributed by atoms with Crippen molar-refractivity contribution in [2.75, 3.05) is 33.3 Å². The topological polar surface area (TPSA) is 70.7 Å². The van der Waals surface area contributed by atoms with Gasteiger partial charge in [-0.05, 0) is 62.3 Å². The smallest absolute Gasteiger partial charge is 0.251 e. The fourth-order valence-electron chi connectivity index (χ4n) is 3.78. The minimum atomic E-state index is -0.305. The molecule has 2 aromatic rings. The lowest BCUT2D eigenvalue weighted by molar-refractivity contribution is -0.126. The fraction of sp³-hybridized carbons (Fsp3) is 0.417. The monoisotopic (exact) mass is 409 g/mol. The first kappa shape index (κ1) is 21.8. The number of carbonyl (C=O) groups is 2. The summed E-state index contributed by atoms with van der Waals surface area (Å²) in [6.07, 6.45) is 1.77. The summed E-state index contributed by atoms with van der Waals surface area (Å²) in [7, 11) is 1.59. The van der Waals surface area contributed by atoms with Gasteiger partial charge in [0.15, 0.2) is 0 Å². The number of rotatable bonds is 8. The highest BCUT2D eigenvalue weighted by Crippen LogP contribution is 2.19. The van der Waals surface area contributed by atoms with Crippen molar-refractivity contribution < 1.29 is 14.3 Å². The molecule has 160 valence electrons. The minimum absolute atomic E-state index is 0.0431. The third-order valence-electron chi connectivity index (χ3n) is 5.75. The number of likely N-dealkylation sites (tertiary alicyclic amines) is 1. The summed E-state index contributed by atoms with van der Waals surface area (Å²) in [5.41, 5.74) is 1.51. The Hall–Kier alpha value is -2.86. The number of hydrogen-bond acceptors (Lipinski definition) is 4. The summed E-state index contributed by atoms with van der Waals surface area (Å²) in [6.45, 7) is 5.46. The first-order valence-electron chi connectivity index (χ1n) is 10.6. The molecule has 1 saturated heterocycles. The number of hydrogen-bond donors (Lipinski definition) is 2. The van der Waals surface area contributed by atoms with Crippen molar-refractivity contribution in [3.05, 3.63) is 65.7 Å². The Bertz CT molecular complexity index is 815. The SMILES string of the molecule is CCN1CCC(C(=O)NC[C@H](NC(=O)c2ccc(OC)cc2)c2ccccc2)CC1. The second kappa shape index (κ2) is 10.8. The molecule has 30 heavy (non-hydrogen) atoms. The Balaban J connectivity index is 1.63. The molecule has 0 bridgehead atoms. The van der Waals surface area contributed by atoms with Crippen LogP contribution in [0.4, 0.5) is 0 Å². The zero-order valence-electron chi connectivity index (χ0n) is 17.8. The van der Waals surface area contributed by atoms with E-state index in [0.717, 1.165) is 38.0 Å². The quantitative estimate of drug-likeness (QED) is 0.703. The molecule has 0 unspecified atom stereocenters. The molecule has 0 radical (unpaired) electrons. The van der Waals surface area contributed by atoms with Crippen LogP contribution in [0, 0.1) is 5.92 Å². The molecule has 1 aliphatic heterocycles. The number of ether oxygens (including phenoxy) is 1. The van der Waals surface area contributed by atoms with Crippen molar-refractivity contribution in [2.24, 2.45) is 5.92 Å². The second-order valence-electron chi connectivity index (χ2n) is 7.62. The minimum Gasteiger partial charge on any atom is -0.497 e. The summed E-state index contributed by atoms with van der Waals surface area (Å²) in [5, 5.41) is 6.13. The first-order chi connectivity index (χ1) is 14.6. The van der Waals surface area contributed by atoms with Crippen LogP contribution in [0.5, 0.6) is 5.75 Å². The number of carbonyl (C=O) groups excluding carboxylic acids is 2. The third-order valence-corrected chi connectivity index (χ3v) is 5.75. The molecule has 1 aliphatic rings. The number of methoxy groups -OCH3 is 1. The van der Waals surface area contributed by atoms with Gasteiger partial charge in [-0.1, -0.05) is 37.3 Å². The number of piperidine rings is 1. The fourth-order valence-corrected chi connectivity index (χ4v) is 3.78. The summed E-state index contributed by atoms with van der Waals surface area (Å²) in [4.78, 5) is 27.8. The molecule has 1 fully saturated rings. The van der Waals surface area contributed by atoms with Crippen LogP contribution in [0.3, 0.4) is 0 Å². The van der Waals surface area contributed by atoms with E-state index in [2.05, 4.69) is 22.5 Å². The highest BCUT2D eigenvalue weighted by molar-refractivity contribution is 5.94. The molecule has 1 heterocycles. The predicted octanol–water partition coefficient (Wildman–Crippen LogP) is 3.01. The molecule has 0 saturated carbocycles. The number of nitrogens with zero attached hydrogens (tertiary/aromatic N) is 1. The van der Waals surface area contributed by atoms with Gasteiger partial charge in [0.05, 0.1) is 13.2 Å². The second-order valence-corrected chi connectivity index (χ2v) is 7.62. The zero-order chi connectivity index (χ0) is 21.3. The van der Waals surface area contributed by atoms with Crippen LogP contribution in [0.15, 0.2) is 54.6 Å². The molecule has 6 nitrogen and oxygen atoms in total. The maximum atomic E-state index is 12.8. The van der Waals surface area contributed by atoms with Crippen molar-refractivity contribution in [1.82, 2.24) is 15.5 Å². The van der Waals surface area contributed by atoms with Crippen LogP contribution >= 0.6 is 0 Å². The third kappa shape index (κ3) is 5.83. The van der Waals surface area contributed by atoms with E-state index in [1.165, 1.54) is 0 Å². The lowest BCUT2D eigenvalue weighted by Crippen LogP contribution is -2.43. The van der Waals surface area contributed by atoms with Gasteiger partial charge < -0.3 is 20.3 Å². The molecule has 2 aromatic carbocycles. The van der Waals surface area contributed by atoms with Gasteiger partial charge in [0, 0.05) is 18.0 Å². The van der Waals surface area contributed by atoms with E-state index in [9.17, 15) is 9.59 Å². The Morgan fingerprint density at radius 3 is 2.33 bits per heavy atom. The van der Waals surface area contributed by atoms with Crippen LogP contribution in [-0.4, -0.2) is 50.0 Å². The Morgan fingerprint density at radius 2 is 1.73 bits per heavy atom. The lowest BCUT2D eigenvalue weighted by atomic mass is 9.95. The normalized spacial score (nSPS) is 15.9. The zero-order valence-corrected chi connectivity index (χ0v) is 17.8. The average molecular weight is 410 g/mol. The summed E-state index contributed by atoms with van der Waals surface area (Å²) in [5.74, 6) is 0.636. The van der Waals surface area contributed by atoms with E-state index in [1.807, 2.05) is 30.3 Å². The largest absolute Gasteiger partial charge is 0.497 e. The van der Waals surface area contributed by atoms with Crippen molar-refractivity contribution in [2.45, 2.75) is 25.8 Å². The van der Waals surface area contributed by atoms with Gasteiger partial charge in [-0.2, -0.15) is 0 Å². The van der Waals surface area contributed by atoms with Crippen molar-refractivity contribution in [3.8, 4) is 5.75 Å². The van der Waals surface area contributed by atoms with Crippen LogP contribution < -0.4 is 15.4 Å². The Labute approximate surface area is 178 Å². The molecule has 2 N–H and O–H groups in total. The molecule has 6 heteroatoms. The van der Waals surface area contributed by atoms with Gasteiger partial charge in [0.2, 0.25) is 5.91 Å². The number of amides is 2. The van der Waals surface area contributed by atoms with E-state index in [4.69, 9.17) is 4.74 Å². The van der Waals surface area contributed by atoms with E-state index in [0.29, 0.717) is 17.9 Å². The van der Waals surface area contributed by atoms with Crippen LogP contribution in [-0.2, 0) is 4.79 Å². The van der Waals surface area contributed by atoms with Gasteiger partial charge in [-0.25, -0.2) is 0 Å². The Morgan fingerprint density at radius 1 is 1.07 bits per heavy atom. The molecule has 0 spiro atoms. The van der Waals surface area contributed by atoms with Gasteiger partial charge in [-0.3, -0.25) is 9.59 Å². The van der Waals surface area contributed by atoms with E-state index >= 15 is 0 Å². The molecule has 1 atom stereocenters. The molecule has 2 amide bonds. The maximum absolute atomic E-state index is 12.8. The predicted molar refractivity (Wildman–Crippen MR) is 117 cm³/mol. The van der Waals surface area contributed by atoms with Gasteiger partial charge in [-0.15, -0.1) is 0 Å². The standard InChI is InChI=1S/C24H31N3O3/c1-3-27-15-13-20(14-16-27)23(28)25-17-22(18-7-5-4-6-8-18)26-24(29)19-9-11-21(30-2)12-10-19/h4-12,20,22H,3,13-17H2,1-2H3,(H,25,28)(H,26,29)/t22-/m0/s1. The van der Waals surface area contributed by atoms with Gasteiger partial charge >= 0.3 is 0 Å². The maximum Gasteiger partial charge on any atom is 0.251 e.